The van der Waals surface area contributed by atoms with Gasteiger partial charge in [-0.25, -0.2) is 5.43 Å². The molecule has 6 nitrogen and oxygen atoms in total. The van der Waals surface area contributed by atoms with Crippen LogP contribution in [0.3, 0.4) is 0 Å². The molecule has 1 aromatic rings. The molecule has 1 aromatic carbocycles. The molecule has 96 valence electrons. The monoisotopic (exact) mass is 256 g/mol. The Balaban J connectivity index is 2.15. The highest BCUT2D eigenvalue weighted by Crippen LogP contribution is 2.17. The lowest BCUT2D eigenvalue weighted by atomic mass is 10.1. The zero-order valence-corrected chi connectivity index (χ0v) is 10.4. The minimum atomic E-state index is -0.363. The van der Waals surface area contributed by atoms with Crippen molar-refractivity contribution in [1.29, 1.82) is 5.26 Å². The lowest BCUT2D eigenvalue weighted by Crippen LogP contribution is -2.32. The van der Waals surface area contributed by atoms with E-state index in [1.165, 1.54) is 0 Å². The molecule has 1 heterocycles. The fourth-order valence-corrected chi connectivity index (χ4v) is 1.66. The van der Waals surface area contributed by atoms with Crippen LogP contribution in [-0.4, -0.2) is 17.5 Å². The van der Waals surface area contributed by atoms with E-state index in [0.717, 1.165) is 5.56 Å². The SMILES string of the molecule is Cc1ccc(C#N)cc1NC(=O)C1=NNC(=O)CC1. The number of amides is 2. The van der Waals surface area contributed by atoms with Crippen molar-refractivity contribution in [3.8, 4) is 6.07 Å². The van der Waals surface area contributed by atoms with Crippen molar-refractivity contribution in [2.45, 2.75) is 19.8 Å². The molecule has 6 heteroatoms. The standard InChI is InChI=1S/C13H12N4O2/c1-8-2-3-9(7-14)6-11(8)15-13(19)10-4-5-12(18)17-16-10/h2-3,6H,4-5H2,1H3,(H,15,19)(H,17,18). The third-order valence-electron chi connectivity index (χ3n) is 2.78. The number of hydrogen-bond acceptors (Lipinski definition) is 4. The zero-order chi connectivity index (χ0) is 13.8. The normalized spacial score (nSPS) is 14.1. The molecule has 0 saturated carbocycles. The number of carbonyl (C=O) groups is 2. The van der Waals surface area contributed by atoms with Gasteiger partial charge in [0.1, 0.15) is 5.71 Å². The summed E-state index contributed by atoms with van der Waals surface area (Å²) in [5.41, 5.74) is 4.45. The van der Waals surface area contributed by atoms with Crippen molar-refractivity contribution in [3.05, 3.63) is 29.3 Å². The average Bonchev–Trinajstić information content (AvgIpc) is 2.42. The molecule has 0 aliphatic carbocycles. The lowest BCUT2D eigenvalue weighted by molar-refractivity contribution is -0.121. The van der Waals surface area contributed by atoms with Gasteiger partial charge in [0.15, 0.2) is 0 Å². The Bertz CT molecular complexity index is 614. The molecule has 0 aromatic heterocycles. The number of nitrogens with one attached hydrogen (secondary N) is 2. The van der Waals surface area contributed by atoms with Gasteiger partial charge in [0.2, 0.25) is 5.91 Å². The Morgan fingerprint density at radius 2 is 2.26 bits per heavy atom. The first-order valence-corrected chi connectivity index (χ1v) is 5.77. The number of hydrogen-bond donors (Lipinski definition) is 2. The predicted octanol–water partition coefficient (Wildman–Crippen LogP) is 1.07. The van der Waals surface area contributed by atoms with Crippen molar-refractivity contribution in [1.82, 2.24) is 5.43 Å². The van der Waals surface area contributed by atoms with Crippen molar-refractivity contribution in [2.75, 3.05) is 5.32 Å². The lowest BCUT2D eigenvalue weighted by Gasteiger charge is -2.13. The first-order chi connectivity index (χ1) is 9.10. The van der Waals surface area contributed by atoms with Crippen molar-refractivity contribution < 1.29 is 9.59 Å². The summed E-state index contributed by atoms with van der Waals surface area (Å²) in [6, 6.07) is 7.07. The maximum Gasteiger partial charge on any atom is 0.271 e. The van der Waals surface area contributed by atoms with Crippen LogP contribution >= 0.6 is 0 Å². The number of rotatable bonds is 2. The number of aryl methyl sites for hydroxylation is 1. The fourth-order valence-electron chi connectivity index (χ4n) is 1.66. The molecule has 1 aliphatic rings. The molecule has 0 saturated heterocycles. The summed E-state index contributed by atoms with van der Waals surface area (Å²) < 4.78 is 0. The van der Waals surface area contributed by atoms with Gasteiger partial charge >= 0.3 is 0 Å². The van der Waals surface area contributed by atoms with Crippen molar-refractivity contribution in [3.63, 3.8) is 0 Å². The quantitative estimate of drug-likeness (QED) is 0.828. The van der Waals surface area contributed by atoms with Gasteiger partial charge in [0, 0.05) is 18.5 Å². The molecular weight excluding hydrogens is 244 g/mol. The molecular formula is C13H12N4O2. The van der Waals surface area contributed by atoms with E-state index in [-0.39, 0.29) is 23.9 Å². The van der Waals surface area contributed by atoms with Crippen LogP contribution in [0.5, 0.6) is 0 Å². The number of nitriles is 1. The van der Waals surface area contributed by atoms with Gasteiger partial charge in [-0.1, -0.05) is 6.07 Å². The summed E-state index contributed by atoms with van der Waals surface area (Å²) in [4.78, 5) is 22.9. The molecule has 19 heavy (non-hydrogen) atoms. The molecule has 0 bridgehead atoms. The van der Waals surface area contributed by atoms with Crippen LogP contribution in [0.15, 0.2) is 23.3 Å². The minimum absolute atomic E-state index is 0.195. The molecule has 0 radical (unpaired) electrons. The molecule has 0 fully saturated rings. The van der Waals surface area contributed by atoms with Crippen LogP contribution in [0.1, 0.15) is 24.0 Å². The predicted molar refractivity (Wildman–Crippen MR) is 69.3 cm³/mol. The topological polar surface area (TPSA) is 94.3 Å². The zero-order valence-electron chi connectivity index (χ0n) is 10.4. The second kappa shape index (κ2) is 5.31. The molecule has 2 N–H and O–H groups in total. The molecule has 0 spiro atoms. The number of hydrazone groups is 1. The van der Waals surface area contributed by atoms with Crippen LogP contribution in [0.4, 0.5) is 5.69 Å². The van der Waals surface area contributed by atoms with E-state index in [0.29, 0.717) is 17.7 Å². The summed E-state index contributed by atoms with van der Waals surface area (Å²) in [6.45, 7) is 1.83. The summed E-state index contributed by atoms with van der Waals surface area (Å²) in [5.74, 6) is -0.558. The Labute approximate surface area is 110 Å². The average molecular weight is 256 g/mol. The van der Waals surface area contributed by atoms with Crippen LogP contribution in [-0.2, 0) is 9.59 Å². The number of anilines is 1. The molecule has 0 atom stereocenters. The minimum Gasteiger partial charge on any atom is -0.321 e. The largest absolute Gasteiger partial charge is 0.321 e. The van der Waals surface area contributed by atoms with Gasteiger partial charge in [0.25, 0.3) is 5.91 Å². The Morgan fingerprint density at radius 3 is 2.89 bits per heavy atom. The van der Waals surface area contributed by atoms with E-state index in [4.69, 9.17) is 5.26 Å². The van der Waals surface area contributed by atoms with Gasteiger partial charge in [0.05, 0.1) is 11.6 Å². The van der Waals surface area contributed by atoms with Crippen LogP contribution in [0.25, 0.3) is 0 Å². The fraction of sp³-hybridized carbons (Fsp3) is 0.231. The van der Waals surface area contributed by atoms with E-state index < -0.39 is 0 Å². The third-order valence-corrected chi connectivity index (χ3v) is 2.78. The summed E-state index contributed by atoms with van der Waals surface area (Å²) in [7, 11) is 0. The van der Waals surface area contributed by atoms with Crippen molar-refractivity contribution >= 4 is 23.2 Å². The summed E-state index contributed by atoms with van der Waals surface area (Å²) in [5, 5.41) is 15.2. The first-order valence-electron chi connectivity index (χ1n) is 5.77. The van der Waals surface area contributed by atoms with Gasteiger partial charge < -0.3 is 5.32 Å². The van der Waals surface area contributed by atoms with E-state index >= 15 is 0 Å². The smallest absolute Gasteiger partial charge is 0.271 e. The second-order valence-corrected chi connectivity index (χ2v) is 4.19. The van der Waals surface area contributed by atoms with Gasteiger partial charge in [-0.2, -0.15) is 10.4 Å². The highest BCUT2D eigenvalue weighted by Gasteiger charge is 2.18. The number of benzene rings is 1. The maximum atomic E-state index is 11.9. The van der Waals surface area contributed by atoms with E-state index in [1.807, 2.05) is 13.0 Å². The maximum absolute atomic E-state index is 11.9. The van der Waals surface area contributed by atoms with Crippen LogP contribution in [0.2, 0.25) is 0 Å². The summed E-state index contributed by atoms with van der Waals surface area (Å²) >= 11 is 0. The highest BCUT2D eigenvalue weighted by atomic mass is 16.2. The van der Waals surface area contributed by atoms with E-state index in [1.54, 1.807) is 18.2 Å². The third kappa shape index (κ3) is 2.96. The first kappa shape index (κ1) is 12.8. The van der Waals surface area contributed by atoms with E-state index in [9.17, 15) is 9.59 Å². The Kier molecular flexibility index (Phi) is 3.57. The van der Waals surface area contributed by atoms with Gasteiger partial charge in [-0.3, -0.25) is 9.59 Å². The highest BCUT2D eigenvalue weighted by molar-refractivity contribution is 6.43. The summed E-state index contributed by atoms with van der Waals surface area (Å²) in [6.07, 6.45) is 0.568. The molecule has 0 unspecified atom stereocenters. The Morgan fingerprint density at radius 1 is 1.47 bits per heavy atom. The number of carbonyl (C=O) groups excluding carboxylic acids is 2. The van der Waals surface area contributed by atoms with Crippen molar-refractivity contribution in [2.24, 2.45) is 5.10 Å². The Hall–Kier alpha value is -2.68. The molecule has 1 aliphatic heterocycles. The van der Waals surface area contributed by atoms with Gasteiger partial charge in [-0.15, -0.1) is 0 Å². The molecule has 2 amide bonds. The van der Waals surface area contributed by atoms with Gasteiger partial charge in [-0.05, 0) is 24.6 Å². The van der Waals surface area contributed by atoms with Crippen LogP contribution < -0.4 is 10.7 Å². The number of nitrogens with zero attached hydrogens (tertiary/aromatic N) is 2. The molecule has 2 rings (SSSR count). The van der Waals surface area contributed by atoms with E-state index in [2.05, 4.69) is 15.8 Å². The second-order valence-electron chi connectivity index (χ2n) is 4.19. The van der Waals surface area contributed by atoms with Crippen LogP contribution in [0, 0.1) is 18.3 Å².